The largest absolute Gasteiger partial charge is 0.493 e. The molecule has 0 fully saturated rings. The fraction of sp³-hybridized carbons (Fsp3) is 0.167. The van der Waals surface area contributed by atoms with Crippen molar-refractivity contribution in [2.45, 2.75) is 6.42 Å². The molecule has 0 radical (unpaired) electrons. The van der Waals surface area contributed by atoms with Crippen LogP contribution in [0.4, 0.5) is 4.39 Å². The van der Waals surface area contributed by atoms with E-state index in [1.807, 2.05) is 0 Å². The number of hydrogen-bond donors (Lipinski definition) is 0. The SMILES string of the molecule is COc1ccc(C(=O)/C=C/C2=CC=CC(F)=CC2)cc1OC. The summed E-state index contributed by atoms with van der Waals surface area (Å²) in [5, 5.41) is 0. The molecule has 1 aromatic rings. The van der Waals surface area contributed by atoms with E-state index in [0.29, 0.717) is 23.5 Å². The molecule has 2 rings (SSSR count). The number of hydrogen-bond acceptors (Lipinski definition) is 3. The van der Waals surface area contributed by atoms with E-state index in [4.69, 9.17) is 9.47 Å². The maximum absolute atomic E-state index is 13.1. The molecule has 114 valence electrons. The van der Waals surface area contributed by atoms with Crippen LogP contribution in [0.15, 0.2) is 66.1 Å². The topological polar surface area (TPSA) is 35.5 Å². The number of carbonyl (C=O) groups excluding carboxylic acids is 1. The smallest absolute Gasteiger partial charge is 0.185 e. The van der Waals surface area contributed by atoms with Crippen LogP contribution < -0.4 is 9.47 Å². The summed E-state index contributed by atoms with van der Waals surface area (Å²) in [6, 6.07) is 4.99. The van der Waals surface area contributed by atoms with Gasteiger partial charge < -0.3 is 9.47 Å². The molecule has 0 spiro atoms. The maximum atomic E-state index is 13.1. The second kappa shape index (κ2) is 7.41. The van der Waals surface area contributed by atoms with Crippen LogP contribution in [0.5, 0.6) is 11.5 Å². The molecule has 3 nitrogen and oxygen atoms in total. The molecule has 1 aromatic carbocycles. The van der Waals surface area contributed by atoms with Gasteiger partial charge in [0.25, 0.3) is 0 Å². The number of ketones is 1. The van der Waals surface area contributed by atoms with Gasteiger partial charge in [-0.2, -0.15) is 0 Å². The van der Waals surface area contributed by atoms with Gasteiger partial charge in [0.1, 0.15) is 5.83 Å². The molecule has 1 aliphatic rings. The van der Waals surface area contributed by atoms with Gasteiger partial charge in [-0.05, 0) is 48.4 Å². The first-order chi connectivity index (χ1) is 10.6. The molecule has 0 amide bonds. The van der Waals surface area contributed by atoms with Crippen molar-refractivity contribution in [2.24, 2.45) is 0 Å². The highest BCUT2D eigenvalue weighted by molar-refractivity contribution is 6.05. The first-order valence-corrected chi connectivity index (χ1v) is 6.81. The molecule has 0 unspecified atom stereocenters. The number of halogens is 1. The van der Waals surface area contributed by atoms with Crippen molar-refractivity contribution in [1.29, 1.82) is 0 Å². The highest BCUT2D eigenvalue weighted by atomic mass is 19.1. The second-order valence-electron chi connectivity index (χ2n) is 4.66. The Morgan fingerprint density at radius 3 is 2.73 bits per heavy atom. The molecule has 0 saturated carbocycles. The molecule has 0 atom stereocenters. The maximum Gasteiger partial charge on any atom is 0.185 e. The lowest BCUT2D eigenvalue weighted by atomic mass is 10.1. The fourth-order valence-corrected chi connectivity index (χ4v) is 2.01. The Morgan fingerprint density at radius 2 is 2.00 bits per heavy atom. The zero-order valence-corrected chi connectivity index (χ0v) is 12.5. The van der Waals surface area contributed by atoms with Crippen molar-refractivity contribution < 1.29 is 18.7 Å². The van der Waals surface area contributed by atoms with Gasteiger partial charge >= 0.3 is 0 Å². The standard InChI is InChI=1S/C18H17FO3/c1-21-17-11-8-14(12-18(17)22-2)16(20)10-7-13-4-3-5-15(19)9-6-13/h3-5,7-12H,6H2,1-2H3/b10-7+. The predicted molar refractivity (Wildman–Crippen MR) is 84.0 cm³/mol. The van der Waals surface area contributed by atoms with Gasteiger partial charge in [-0.1, -0.05) is 18.2 Å². The van der Waals surface area contributed by atoms with Gasteiger partial charge in [0.05, 0.1) is 14.2 Å². The lowest BCUT2D eigenvalue weighted by molar-refractivity contribution is 0.104. The average Bonchev–Trinajstić information content (AvgIpc) is 2.76. The van der Waals surface area contributed by atoms with E-state index in [9.17, 15) is 9.18 Å². The summed E-state index contributed by atoms with van der Waals surface area (Å²) >= 11 is 0. The zero-order chi connectivity index (χ0) is 15.9. The van der Waals surface area contributed by atoms with Crippen molar-refractivity contribution in [3.63, 3.8) is 0 Å². The lowest BCUT2D eigenvalue weighted by Crippen LogP contribution is -1.97. The third-order valence-corrected chi connectivity index (χ3v) is 3.22. The highest BCUT2D eigenvalue weighted by Crippen LogP contribution is 2.27. The molecule has 0 aromatic heterocycles. The van der Waals surface area contributed by atoms with Crippen LogP contribution in [0.25, 0.3) is 0 Å². The minimum atomic E-state index is -0.272. The van der Waals surface area contributed by atoms with Crippen LogP contribution in [0.1, 0.15) is 16.8 Å². The van der Waals surface area contributed by atoms with E-state index in [2.05, 4.69) is 0 Å². The Balaban J connectivity index is 2.14. The summed E-state index contributed by atoms with van der Waals surface area (Å²) in [5.41, 5.74) is 1.36. The van der Waals surface area contributed by atoms with E-state index >= 15 is 0 Å². The summed E-state index contributed by atoms with van der Waals surface area (Å²) in [7, 11) is 3.06. The molecule has 0 bridgehead atoms. The quantitative estimate of drug-likeness (QED) is 0.604. The Kier molecular flexibility index (Phi) is 5.31. The number of rotatable bonds is 5. The van der Waals surface area contributed by atoms with E-state index in [0.717, 1.165) is 5.57 Å². The summed E-state index contributed by atoms with van der Waals surface area (Å²) in [6.45, 7) is 0. The lowest BCUT2D eigenvalue weighted by Gasteiger charge is -2.08. The molecule has 0 N–H and O–H groups in total. The number of carbonyl (C=O) groups is 1. The number of allylic oxidation sites excluding steroid dienone is 8. The van der Waals surface area contributed by atoms with Crippen molar-refractivity contribution in [1.82, 2.24) is 0 Å². The molecule has 22 heavy (non-hydrogen) atoms. The molecular weight excluding hydrogens is 283 g/mol. The van der Waals surface area contributed by atoms with Crippen LogP contribution >= 0.6 is 0 Å². The van der Waals surface area contributed by atoms with Crippen molar-refractivity contribution in [3.05, 3.63) is 71.6 Å². The van der Waals surface area contributed by atoms with Gasteiger partial charge in [-0.15, -0.1) is 0 Å². The minimum Gasteiger partial charge on any atom is -0.493 e. The fourth-order valence-electron chi connectivity index (χ4n) is 2.01. The van der Waals surface area contributed by atoms with Crippen LogP contribution in [-0.4, -0.2) is 20.0 Å². The predicted octanol–water partition coefficient (Wildman–Crippen LogP) is 4.18. The van der Waals surface area contributed by atoms with Gasteiger partial charge in [0, 0.05) is 5.56 Å². The molecular formula is C18H17FO3. The average molecular weight is 300 g/mol. The van der Waals surface area contributed by atoms with Crippen LogP contribution in [0, 0.1) is 0 Å². The van der Waals surface area contributed by atoms with Gasteiger partial charge in [0.2, 0.25) is 0 Å². The van der Waals surface area contributed by atoms with Crippen LogP contribution in [-0.2, 0) is 0 Å². The molecule has 4 heteroatoms. The zero-order valence-electron chi connectivity index (χ0n) is 12.5. The second-order valence-corrected chi connectivity index (χ2v) is 4.66. The number of methoxy groups -OCH3 is 2. The minimum absolute atomic E-state index is 0.153. The third kappa shape index (κ3) is 3.95. The monoisotopic (exact) mass is 300 g/mol. The first-order valence-electron chi connectivity index (χ1n) is 6.81. The first kappa shape index (κ1) is 15.8. The number of ether oxygens (including phenoxy) is 2. The van der Waals surface area contributed by atoms with E-state index in [1.54, 1.807) is 36.4 Å². The van der Waals surface area contributed by atoms with E-state index < -0.39 is 0 Å². The number of benzene rings is 1. The Bertz CT molecular complexity index is 679. The van der Waals surface area contributed by atoms with Crippen molar-refractivity contribution in [2.75, 3.05) is 14.2 Å². The van der Waals surface area contributed by atoms with Crippen LogP contribution in [0.2, 0.25) is 0 Å². The van der Waals surface area contributed by atoms with Crippen LogP contribution in [0.3, 0.4) is 0 Å². The Hall–Kier alpha value is -2.62. The molecule has 1 aliphatic carbocycles. The van der Waals surface area contributed by atoms with Crippen molar-refractivity contribution >= 4 is 5.78 Å². The summed E-state index contributed by atoms with van der Waals surface area (Å²) < 4.78 is 23.4. The highest BCUT2D eigenvalue weighted by Gasteiger charge is 2.08. The summed E-state index contributed by atoms with van der Waals surface area (Å²) in [4.78, 5) is 12.2. The molecule has 0 saturated heterocycles. The normalized spacial score (nSPS) is 14.3. The third-order valence-electron chi connectivity index (χ3n) is 3.22. The van der Waals surface area contributed by atoms with Gasteiger partial charge in [-0.25, -0.2) is 4.39 Å². The van der Waals surface area contributed by atoms with Gasteiger partial charge in [0.15, 0.2) is 17.3 Å². The summed E-state index contributed by atoms with van der Waals surface area (Å²) in [5.74, 6) is 0.647. The summed E-state index contributed by atoms with van der Waals surface area (Å²) in [6.07, 6.45) is 9.88. The molecule has 0 heterocycles. The van der Waals surface area contributed by atoms with E-state index in [-0.39, 0.29) is 11.6 Å². The Labute approximate surface area is 129 Å². The molecule has 0 aliphatic heterocycles. The van der Waals surface area contributed by atoms with Gasteiger partial charge in [-0.3, -0.25) is 4.79 Å². The Morgan fingerprint density at radius 1 is 1.23 bits per heavy atom. The van der Waals surface area contributed by atoms with E-state index in [1.165, 1.54) is 32.4 Å². The van der Waals surface area contributed by atoms with Crippen molar-refractivity contribution in [3.8, 4) is 11.5 Å².